The third-order valence-corrected chi connectivity index (χ3v) is 18.2. The first-order valence-electron chi connectivity index (χ1n) is 22.6. The van der Waals surface area contributed by atoms with Crippen LogP contribution in [0.1, 0.15) is 106 Å². The molecule has 16 nitrogen and oxygen atoms in total. The number of aliphatic hydroxyl groups is 8. The molecule has 7 fully saturated rings. The van der Waals surface area contributed by atoms with Crippen molar-refractivity contribution in [2.75, 3.05) is 19.8 Å². The first-order chi connectivity index (χ1) is 28.4. The summed E-state index contributed by atoms with van der Waals surface area (Å²) in [7, 11) is 0. The van der Waals surface area contributed by atoms with Gasteiger partial charge in [0.15, 0.2) is 18.9 Å². The minimum atomic E-state index is -1.71. The molecule has 8 aliphatic rings. The normalized spacial score (nSPS) is 54.3. The maximum absolute atomic E-state index is 13.2. The molecule has 0 aromatic carbocycles. The fraction of sp³-hybridized carbons (Fsp3) is 0.933. The molecule has 0 radical (unpaired) electrons. The van der Waals surface area contributed by atoms with Crippen molar-refractivity contribution in [3.8, 4) is 0 Å². The van der Waals surface area contributed by atoms with E-state index in [1.165, 1.54) is 5.57 Å². The van der Waals surface area contributed by atoms with Gasteiger partial charge in [-0.05, 0) is 103 Å². The molecule has 8 rings (SSSR count). The maximum Gasteiger partial charge on any atom is 0.312 e. The zero-order valence-electron chi connectivity index (χ0n) is 36.8. The Morgan fingerprint density at radius 1 is 0.639 bits per heavy atom. The summed E-state index contributed by atoms with van der Waals surface area (Å²) >= 11 is 0. The fourth-order valence-electron chi connectivity index (χ4n) is 14.4. The van der Waals surface area contributed by atoms with Crippen molar-refractivity contribution in [1.82, 2.24) is 0 Å². The first-order valence-corrected chi connectivity index (χ1v) is 22.6. The van der Waals surface area contributed by atoms with Gasteiger partial charge in [-0.15, -0.1) is 0 Å². The summed E-state index contributed by atoms with van der Waals surface area (Å²) in [6, 6.07) is 0. The highest BCUT2D eigenvalue weighted by molar-refractivity contribution is 5.77. The second kappa shape index (κ2) is 15.9. The summed E-state index contributed by atoms with van der Waals surface area (Å²) in [4.78, 5) is 13.2. The van der Waals surface area contributed by atoms with Crippen LogP contribution in [0.15, 0.2) is 11.6 Å². The Labute approximate surface area is 358 Å². The van der Waals surface area contributed by atoms with Crippen LogP contribution in [0.5, 0.6) is 0 Å². The molecular weight excluding hydrogens is 796 g/mol. The van der Waals surface area contributed by atoms with Gasteiger partial charge in [-0.1, -0.05) is 60.1 Å². The molecule has 3 aliphatic heterocycles. The van der Waals surface area contributed by atoms with E-state index in [0.717, 1.165) is 38.5 Å². The van der Waals surface area contributed by atoms with Crippen molar-refractivity contribution in [2.45, 2.75) is 192 Å². The number of carbonyl (C=O) groups is 1. The molecule has 5 aliphatic carbocycles. The monoisotopic (exact) mass is 868 g/mol. The van der Waals surface area contributed by atoms with Gasteiger partial charge in [0.1, 0.15) is 60.4 Å². The van der Waals surface area contributed by atoms with Crippen molar-refractivity contribution >= 4 is 5.97 Å². The van der Waals surface area contributed by atoms with E-state index >= 15 is 0 Å². The number of allylic oxidation sites excluding steroid dienone is 2. The number of carboxylic acids is 1. The van der Waals surface area contributed by atoms with Crippen LogP contribution in [0.3, 0.4) is 0 Å². The van der Waals surface area contributed by atoms with Crippen LogP contribution in [0.4, 0.5) is 0 Å². The zero-order valence-corrected chi connectivity index (χ0v) is 36.8. The summed E-state index contributed by atoms with van der Waals surface area (Å²) in [5.74, 6) is -0.656. The van der Waals surface area contributed by atoms with E-state index in [1.807, 2.05) is 0 Å². The molecule has 21 atom stereocenters. The van der Waals surface area contributed by atoms with E-state index in [1.54, 1.807) is 0 Å². The minimum Gasteiger partial charge on any atom is -0.481 e. The molecule has 4 saturated carbocycles. The minimum absolute atomic E-state index is 0.0294. The van der Waals surface area contributed by atoms with Crippen LogP contribution >= 0.6 is 0 Å². The number of hydrogen-bond acceptors (Lipinski definition) is 15. The van der Waals surface area contributed by atoms with E-state index in [2.05, 4.69) is 54.5 Å². The molecule has 348 valence electrons. The number of fused-ring (bicyclic) bond motifs is 7. The SMILES string of the molecule is CC1(C)CC[C@]2(C(=O)O)[C@H](O)C[C@]3(C)C(=CC[C@@H]4[C@@]5(C)CC[C@H](O[C@@H]6OC[C@H](O)[C@H](O)[C@H]6O[C@@H]6OC[C@H](O)[C@H](O)[C@H]6O[C@@H]6OC[C@H](O)[C@H](O)[C@H]6O)C(C)(C)[C@@H]5CC[C@]43C)[C@@H]2C1. The van der Waals surface area contributed by atoms with Crippen molar-refractivity contribution in [2.24, 2.45) is 50.2 Å². The van der Waals surface area contributed by atoms with Gasteiger partial charge in [0.25, 0.3) is 0 Å². The van der Waals surface area contributed by atoms with Crippen molar-refractivity contribution in [3.63, 3.8) is 0 Å². The average Bonchev–Trinajstić information content (AvgIpc) is 3.18. The highest BCUT2D eigenvalue weighted by atomic mass is 16.8. The largest absolute Gasteiger partial charge is 0.481 e. The molecule has 0 aromatic heterocycles. The molecule has 9 N–H and O–H groups in total. The van der Waals surface area contributed by atoms with Gasteiger partial charge in [0, 0.05) is 0 Å². The molecule has 3 heterocycles. The molecular formula is C45H72O16. The van der Waals surface area contributed by atoms with Crippen molar-refractivity contribution in [1.29, 1.82) is 0 Å². The zero-order chi connectivity index (χ0) is 44.4. The van der Waals surface area contributed by atoms with Gasteiger partial charge in [0.2, 0.25) is 0 Å². The Morgan fingerprint density at radius 2 is 1.20 bits per heavy atom. The number of carboxylic acid groups (broad SMARTS) is 1. The Bertz CT molecular complexity index is 1670. The number of rotatable bonds is 7. The lowest BCUT2D eigenvalue weighted by Gasteiger charge is -2.71. The predicted octanol–water partition coefficient (Wildman–Crippen LogP) is 1.59. The van der Waals surface area contributed by atoms with Crippen LogP contribution < -0.4 is 0 Å². The van der Waals surface area contributed by atoms with Crippen LogP contribution in [-0.2, 0) is 33.2 Å². The Balaban J connectivity index is 1.02. The highest BCUT2D eigenvalue weighted by Gasteiger charge is 2.71. The van der Waals surface area contributed by atoms with E-state index in [-0.39, 0.29) is 65.3 Å². The third-order valence-electron chi connectivity index (χ3n) is 18.2. The van der Waals surface area contributed by atoms with Gasteiger partial charge in [0.05, 0.1) is 32.0 Å². The quantitative estimate of drug-likeness (QED) is 0.130. The average molecular weight is 869 g/mol. The van der Waals surface area contributed by atoms with Gasteiger partial charge in [-0.25, -0.2) is 0 Å². The molecule has 16 heteroatoms. The van der Waals surface area contributed by atoms with Gasteiger partial charge >= 0.3 is 5.97 Å². The maximum atomic E-state index is 13.2. The summed E-state index contributed by atoms with van der Waals surface area (Å²) in [5.41, 5.74) is -1.10. The van der Waals surface area contributed by atoms with E-state index in [4.69, 9.17) is 28.4 Å². The lowest BCUT2D eigenvalue weighted by atomic mass is 9.33. The second-order valence-electron chi connectivity index (χ2n) is 22.2. The standard InChI is InChI=1S/C45H72O16/c1-40(2)14-15-45(39(54)55)22(16-40)21-8-9-27-42(5)12-11-29(41(3,4)26(42)10-13-43(27,6)44(21,7)17-28(45)49)59-37-34(31(51)24(47)19-57-37)61-38-35(32(52)25(48)20-58-38)60-36-33(53)30(50)23(46)18-56-36/h8,22-38,46-53H,9-20H2,1-7H3,(H,54,55)/t22-,23-,24-,25-,26-,27+,28+,29-,30-,31-,32-,33+,34+,35+,36-,37-,38-,42-,43+,44+,45+/m0/s1. The third kappa shape index (κ3) is 7.11. The van der Waals surface area contributed by atoms with Crippen LogP contribution in [0.2, 0.25) is 0 Å². The molecule has 0 bridgehead atoms. The van der Waals surface area contributed by atoms with Gasteiger partial charge in [-0.3, -0.25) is 4.79 Å². The summed E-state index contributed by atoms with van der Waals surface area (Å²) in [5, 5.41) is 97.2. The van der Waals surface area contributed by atoms with Gasteiger partial charge < -0.3 is 74.4 Å². The molecule has 0 aromatic rings. The lowest BCUT2D eigenvalue weighted by molar-refractivity contribution is -0.378. The summed E-state index contributed by atoms with van der Waals surface area (Å²) in [6.07, 6.45) is -10.1. The van der Waals surface area contributed by atoms with Crippen LogP contribution in [0, 0.1) is 50.2 Å². The van der Waals surface area contributed by atoms with Gasteiger partial charge in [-0.2, -0.15) is 0 Å². The summed E-state index contributed by atoms with van der Waals surface area (Å²) in [6.45, 7) is 15.0. The first kappa shape index (κ1) is 46.2. The Morgan fingerprint density at radius 3 is 1.80 bits per heavy atom. The number of hydrogen-bond donors (Lipinski definition) is 9. The van der Waals surface area contributed by atoms with E-state index in [9.17, 15) is 50.8 Å². The molecule has 0 spiro atoms. The Kier molecular flexibility index (Phi) is 12.1. The lowest BCUT2D eigenvalue weighted by Crippen LogP contribution is -2.68. The second-order valence-corrected chi connectivity index (χ2v) is 22.2. The Hall–Kier alpha value is -1.35. The van der Waals surface area contributed by atoms with Crippen molar-refractivity contribution in [3.05, 3.63) is 11.6 Å². The summed E-state index contributed by atoms with van der Waals surface area (Å²) < 4.78 is 36.1. The van der Waals surface area contributed by atoms with Crippen LogP contribution in [0.25, 0.3) is 0 Å². The number of aliphatic carboxylic acids is 1. The van der Waals surface area contributed by atoms with Crippen molar-refractivity contribution < 1.29 is 79.2 Å². The highest BCUT2D eigenvalue weighted by Crippen LogP contribution is 2.76. The number of ether oxygens (including phenoxy) is 6. The molecule has 0 amide bonds. The smallest absolute Gasteiger partial charge is 0.312 e. The van der Waals surface area contributed by atoms with E-state index < -0.39 is 96.7 Å². The van der Waals surface area contributed by atoms with Crippen LogP contribution in [-0.4, -0.2) is 158 Å². The predicted molar refractivity (Wildman–Crippen MR) is 214 cm³/mol. The fourth-order valence-corrected chi connectivity index (χ4v) is 14.4. The molecule has 3 saturated heterocycles. The molecule has 0 unspecified atom stereocenters. The topological polar surface area (TPSA) is 255 Å². The number of aliphatic hydroxyl groups excluding tert-OH is 8. The molecule has 61 heavy (non-hydrogen) atoms. The van der Waals surface area contributed by atoms with E-state index in [0.29, 0.717) is 19.3 Å².